The smallest absolute Gasteiger partial charge is 0.320 e. The molecular formula is C13H18N2O2. The Morgan fingerprint density at radius 2 is 2.41 bits per heavy atom. The number of aromatic nitrogens is 1. The summed E-state index contributed by atoms with van der Waals surface area (Å²) < 4.78 is 0. The number of likely N-dealkylation sites (tertiary alicyclic amines) is 1. The highest BCUT2D eigenvalue weighted by Gasteiger charge is 2.30. The highest BCUT2D eigenvalue weighted by atomic mass is 16.4. The molecule has 1 saturated heterocycles. The third kappa shape index (κ3) is 2.82. The first-order chi connectivity index (χ1) is 8.20. The normalized spacial score (nSPS) is 20.6. The van der Waals surface area contributed by atoms with Gasteiger partial charge in [-0.05, 0) is 37.4 Å². The summed E-state index contributed by atoms with van der Waals surface area (Å²) >= 11 is 0. The lowest BCUT2D eigenvalue weighted by Gasteiger charge is -2.20. The molecule has 1 N–H and O–H groups in total. The lowest BCUT2D eigenvalue weighted by molar-refractivity contribution is -0.142. The van der Waals surface area contributed by atoms with Crippen molar-refractivity contribution in [3.63, 3.8) is 0 Å². The molecule has 1 aliphatic heterocycles. The molecule has 4 heteroatoms. The van der Waals surface area contributed by atoms with Gasteiger partial charge in [-0.2, -0.15) is 0 Å². The van der Waals surface area contributed by atoms with E-state index in [9.17, 15) is 4.79 Å². The Kier molecular flexibility index (Phi) is 3.74. The Labute approximate surface area is 101 Å². The zero-order valence-corrected chi connectivity index (χ0v) is 10.1. The molecule has 0 aromatic carbocycles. The lowest BCUT2D eigenvalue weighted by atomic mass is 10.2. The minimum Gasteiger partial charge on any atom is -0.480 e. The van der Waals surface area contributed by atoms with Crippen LogP contribution >= 0.6 is 0 Å². The standard InChI is InChI=1S/C13H18N2O2/c1-2-10-5-6-11(14-8-10)9-15-7-3-4-12(15)13(16)17/h5-6,8,12H,2-4,7,9H2,1H3,(H,16,17). The number of aliphatic carboxylic acids is 1. The Bertz CT molecular complexity index is 389. The van der Waals surface area contributed by atoms with Crippen molar-refractivity contribution in [2.24, 2.45) is 0 Å². The molecule has 1 fully saturated rings. The van der Waals surface area contributed by atoms with Gasteiger partial charge in [-0.15, -0.1) is 0 Å². The summed E-state index contributed by atoms with van der Waals surface area (Å²) in [6.45, 7) is 3.59. The summed E-state index contributed by atoms with van der Waals surface area (Å²) in [6.07, 6.45) is 4.57. The van der Waals surface area contributed by atoms with Crippen molar-refractivity contribution < 1.29 is 9.90 Å². The predicted octanol–water partition coefficient (Wildman–Crippen LogP) is 1.69. The number of pyridine rings is 1. The number of hydrogen-bond donors (Lipinski definition) is 1. The summed E-state index contributed by atoms with van der Waals surface area (Å²) in [7, 11) is 0. The predicted molar refractivity (Wildman–Crippen MR) is 64.7 cm³/mol. The van der Waals surface area contributed by atoms with E-state index in [1.54, 1.807) is 0 Å². The van der Waals surface area contributed by atoms with Crippen molar-refractivity contribution in [2.45, 2.75) is 38.8 Å². The van der Waals surface area contributed by atoms with Crippen molar-refractivity contribution in [1.29, 1.82) is 0 Å². The lowest BCUT2D eigenvalue weighted by Crippen LogP contribution is -2.35. The molecule has 17 heavy (non-hydrogen) atoms. The number of aryl methyl sites for hydroxylation is 1. The molecule has 4 nitrogen and oxygen atoms in total. The summed E-state index contributed by atoms with van der Waals surface area (Å²) in [6, 6.07) is 3.73. The van der Waals surface area contributed by atoms with Crippen molar-refractivity contribution in [3.05, 3.63) is 29.6 Å². The van der Waals surface area contributed by atoms with Gasteiger partial charge in [0, 0.05) is 12.7 Å². The second-order valence-electron chi connectivity index (χ2n) is 4.48. The van der Waals surface area contributed by atoms with E-state index >= 15 is 0 Å². The molecule has 0 spiro atoms. The van der Waals surface area contributed by atoms with E-state index in [4.69, 9.17) is 5.11 Å². The number of carbonyl (C=O) groups is 1. The second kappa shape index (κ2) is 5.27. The maximum atomic E-state index is 11.0. The fraction of sp³-hybridized carbons (Fsp3) is 0.538. The van der Waals surface area contributed by atoms with Crippen LogP contribution in [0, 0.1) is 0 Å². The van der Waals surface area contributed by atoms with Gasteiger partial charge in [0.15, 0.2) is 0 Å². The molecule has 2 rings (SSSR count). The third-order valence-corrected chi connectivity index (χ3v) is 3.31. The summed E-state index contributed by atoms with van der Waals surface area (Å²) in [4.78, 5) is 17.4. The van der Waals surface area contributed by atoms with E-state index in [1.807, 2.05) is 17.2 Å². The van der Waals surface area contributed by atoms with E-state index in [-0.39, 0.29) is 6.04 Å². The van der Waals surface area contributed by atoms with Gasteiger partial charge in [0.05, 0.1) is 5.69 Å². The first kappa shape index (κ1) is 12.0. The monoisotopic (exact) mass is 234 g/mol. The molecule has 1 aromatic rings. The van der Waals surface area contributed by atoms with E-state index < -0.39 is 5.97 Å². The average Bonchev–Trinajstić information content (AvgIpc) is 2.78. The summed E-state index contributed by atoms with van der Waals surface area (Å²) in [5.41, 5.74) is 2.17. The SMILES string of the molecule is CCc1ccc(CN2CCCC2C(=O)O)nc1. The number of rotatable bonds is 4. The summed E-state index contributed by atoms with van der Waals surface area (Å²) in [5.74, 6) is -0.715. The van der Waals surface area contributed by atoms with Crippen LogP contribution in [-0.2, 0) is 17.8 Å². The van der Waals surface area contributed by atoms with Crippen LogP contribution < -0.4 is 0 Å². The molecule has 0 saturated carbocycles. The van der Waals surface area contributed by atoms with Crippen LogP contribution in [0.2, 0.25) is 0 Å². The van der Waals surface area contributed by atoms with Gasteiger partial charge in [0.25, 0.3) is 0 Å². The first-order valence-electron chi connectivity index (χ1n) is 6.11. The summed E-state index contributed by atoms with van der Waals surface area (Å²) in [5, 5.41) is 9.08. The van der Waals surface area contributed by atoms with Gasteiger partial charge in [0.1, 0.15) is 6.04 Å². The van der Waals surface area contributed by atoms with Crippen molar-refractivity contribution in [2.75, 3.05) is 6.54 Å². The zero-order chi connectivity index (χ0) is 12.3. The van der Waals surface area contributed by atoms with Gasteiger partial charge in [-0.1, -0.05) is 13.0 Å². The van der Waals surface area contributed by atoms with Crippen LogP contribution in [0.1, 0.15) is 31.0 Å². The van der Waals surface area contributed by atoms with Gasteiger partial charge < -0.3 is 5.11 Å². The number of hydrogen-bond acceptors (Lipinski definition) is 3. The van der Waals surface area contributed by atoms with E-state index in [2.05, 4.69) is 18.0 Å². The molecule has 0 radical (unpaired) electrons. The molecule has 0 aliphatic carbocycles. The van der Waals surface area contributed by atoms with Gasteiger partial charge in [-0.3, -0.25) is 14.7 Å². The van der Waals surface area contributed by atoms with Crippen LogP contribution in [0.3, 0.4) is 0 Å². The largest absolute Gasteiger partial charge is 0.480 e. The van der Waals surface area contributed by atoms with Crippen molar-refractivity contribution >= 4 is 5.97 Å². The van der Waals surface area contributed by atoms with Crippen LogP contribution in [0.5, 0.6) is 0 Å². The number of nitrogens with zero attached hydrogens (tertiary/aromatic N) is 2. The highest BCUT2D eigenvalue weighted by molar-refractivity contribution is 5.73. The molecule has 1 aliphatic rings. The molecule has 0 bridgehead atoms. The van der Waals surface area contributed by atoms with E-state index in [0.717, 1.165) is 31.5 Å². The Morgan fingerprint density at radius 3 is 3.00 bits per heavy atom. The molecule has 1 aromatic heterocycles. The van der Waals surface area contributed by atoms with Gasteiger partial charge >= 0.3 is 5.97 Å². The van der Waals surface area contributed by atoms with Gasteiger partial charge in [-0.25, -0.2) is 0 Å². The molecule has 1 atom stereocenters. The van der Waals surface area contributed by atoms with Gasteiger partial charge in [0.2, 0.25) is 0 Å². The average molecular weight is 234 g/mol. The Morgan fingerprint density at radius 1 is 1.59 bits per heavy atom. The van der Waals surface area contributed by atoms with Crippen LogP contribution in [0.4, 0.5) is 0 Å². The minimum absolute atomic E-state index is 0.331. The third-order valence-electron chi connectivity index (χ3n) is 3.31. The maximum Gasteiger partial charge on any atom is 0.320 e. The maximum absolute atomic E-state index is 11.0. The molecule has 2 heterocycles. The Hall–Kier alpha value is -1.42. The van der Waals surface area contributed by atoms with Crippen molar-refractivity contribution in [3.8, 4) is 0 Å². The topological polar surface area (TPSA) is 53.4 Å². The van der Waals surface area contributed by atoms with Crippen LogP contribution in [0.25, 0.3) is 0 Å². The minimum atomic E-state index is -0.715. The first-order valence-corrected chi connectivity index (χ1v) is 6.11. The van der Waals surface area contributed by atoms with Crippen molar-refractivity contribution in [1.82, 2.24) is 9.88 Å². The Balaban J connectivity index is 2.02. The van der Waals surface area contributed by atoms with Crippen LogP contribution in [-0.4, -0.2) is 33.5 Å². The quantitative estimate of drug-likeness (QED) is 0.861. The highest BCUT2D eigenvalue weighted by Crippen LogP contribution is 2.19. The second-order valence-corrected chi connectivity index (χ2v) is 4.48. The fourth-order valence-corrected chi connectivity index (χ4v) is 2.26. The fourth-order valence-electron chi connectivity index (χ4n) is 2.26. The van der Waals surface area contributed by atoms with Crippen LogP contribution in [0.15, 0.2) is 18.3 Å². The number of carboxylic acid groups (broad SMARTS) is 1. The molecule has 0 amide bonds. The number of carboxylic acids is 1. The molecular weight excluding hydrogens is 216 g/mol. The van der Waals surface area contributed by atoms with E-state index in [0.29, 0.717) is 6.54 Å². The van der Waals surface area contributed by atoms with E-state index in [1.165, 1.54) is 5.56 Å². The molecule has 92 valence electrons. The molecule has 1 unspecified atom stereocenters. The zero-order valence-electron chi connectivity index (χ0n) is 10.1.